The predicted molar refractivity (Wildman–Crippen MR) is 110 cm³/mol. The molecule has 2 amide bonds. The second-order valence-electron chi connectivity index (χ2n) is 6.75. The summed E-state index contributed by atoms with van der Waals surface area (Å²) < 4.78 is 2.12. The molecule has 0 radical (unpaired) electrons. The highest BCUT2D eigenvalue weighted by molar-refractivity contribution is 7.14. The minimum absolute atomic E-state index is 0.0868. The number of carbonyl (C=O) groups is 2. The fourth-order valence-electron chi connectivity index (χ4n) is 3.35. The maximum Gasteiger partial charge on any atom is 0.231 e. The summed E-state index contributed by atoms with van der Waals surface area (Å²) >= 11 is 2.91. The fraction of sp³-hybridized carbons (Fsp3) is 0.368. The van der Waals surface area contributed by atoms with E-state index in [4.69, 9.17) is 0 Å². The molecular formula is C19H21N5O2S2. The van der Waals surface area contributed by atoms with Gasteiger partial charge in [-0.05, 0) is 24.3 Å². The lowest BCUT2D eigenvalue weighted by Crippen LogP contribution is -2.39. The number of nitrogens with zero attached hydrogens (tertiary/aromatic N) is 4. The number of likely N-dealkylation sites (tertiary alicyclic amines) is 1. The molecule has 4 heterocycles. The highest BCUT2D eigenvalue weighted by Crippen LogP contribution is 2.23. The van der Waals surface area contributed by atoms with Crippen LogP contribution in [-0.4, -0.2) is 44.3 Å². The van der Waals surface area contributed by atoms with Crippen LogP contribution in [0.3, 0.4) is 0 Å². The number of imidazole rings is 1. The van der Waals surface area contributed by atoms with Gasteiger partial charge < -0.3 is 14.8 Å². The summed E-state index contributed by atoms with van der Waals surface area (Å²) in [5.41, 5.74) is 0.707. The van der Waals surface area contributed by atoms with Gasteiger partial charge in [0.25, 0.3) is 0 Å². The molecule has 0 spiro atoms. The summed E-state index contributed by atoms with van der Waals surface area (Å²) in [6.07, 6.45) is 8.09. The number of thiophene rings is 1. The van der Waals surface area contributed by atoms with E-state index in [9.17, 15) is 9.59 Å². The van der Waals surface area contributed by atoms with E-state index in [0.717, 1.165) is 30.8 Å². The Kier molecular flexibility index (Phi) is 5.82. The van der Waals surface area contributed by atoms with Crippen LogP contribution in [0.1, 0.15) is 29.5 Å². The standard InChI is InChI=1S/C19H21N5O2S2/c25-17(11-16-2-1-9-27-16)22-19-21-14(12-28-19)10-18(26)23-6-3-15(4-7-23)24-8-5-20-13-24/h1-2,5,8-9,12-13,15H,3-4,6-7,10-11H2,(H,21,22,25). The second-order valence-corrected chi connectivity index (χ2v) is 8.64. The van der Waals surface area contributed by atoms with Crippen molar-refractivity contribution in [2.75, 3.05) is 18.4 Å². The number of amides is 2. The molecule has 1 saturated heterocycles. The zero-order chi connectivity index (χ0) is 19.3. The zero-order valence-electron chi connectivity index (χ0n) is 15.3. The summed E-state index contributed by atoms with van der Waals surface area (Å²) in [6.45, 7) is 1.49. The lowest BCUT2D eigenvalue weighted by molar-refractivity contribution is -0.131. The SMILES string of the molecule is O=C(Cc1cccs1)Nc1nc(CC(=O)N2CCC(n3ccnc3)CC2)cs1. The minimum Gasteiger partial charge on any atom is -0.342 e. The van der Waals surface area contributed by atoms with Gasteiger partial charge in [0.15, 0.2) is 5.13 Å². The lowest BCUT2D eigenvalue weighted by atomic mass is 10.0. The van der Waals surface area contributed by atoms with E-state index < -0.39 is 0 Å². The third kappa shape index (κ3) is 4.66. The van der Waals surface area contributed by atoms with Crippen LogP contribution in [-0.2, 0) is 22.4 Å². The maximum atomic E-state index is 12.6. The van der Waals surface area contributed by atoms with Gasteiger partial charge in [0, 0.05) is 41.8 Å². The first-order chi connectivity index (χ1) is 13.7. The summed E-state index contributed by atoms with van der Waals surface area (Å²) in [7, 11) is 0. The van der Waals surface area contributed by atoms with Crippen molar-refractivity contribution in [3.8, 4) is 0 Å². The molecular weight excluding hydrogens is 394 g/mol. The van der Waals surface area contributed by atoms with E-state index in [2.05, 4.69) is 19.9 Å². The van der Waals surface area contributed by atoms with Gasteiger partial charge in [0.2, 0.25) is 11.8 Å². The normalized spacial score (nSPS) is 14.9. The zero-order valence-corrected chi connectivity index (χ0v) is 16.9. The average molecular weight is 416 g/mol. The molecule has 4 rings (SSSR count). The average Bonchev–Trinajstić information content (AvgIpc) is 3.45. The van der Waals surface area contributed by atoms with Gasteiger partial charge in [-0.25, -0.2) is 9.97 Å². The Morgan fingerprint density at radius 1 is 1.21 bits per heavy atom. The van der Waals surface area contributed by atoms with Crippen LogP contribution in [0.25, 0.3) is 0 Å². The van der Waals surface area contributed by atoms with Gasteiger partial charge in [-0.2, -0.15) is 0 Å². The largest absolute Gasteiger partial charge is 0.342 e. The molecule has 0 atom stereocenters. The number of carbonyl (C=O) groups excluding carboxylic acids is 2. The van der Waals surface area contributed by atoms with Crippen LogP contribution in [0.15, 0.2) is 41.6 Å². The molecule has 28 heavy (non-hydrogen) atoms. The minimum atomic E-state index is -0.0868. The number of thiazole rings is 1. The molecule has 1 aliphatic heterocycles. The van der Waals surface area contributed by atoms with Crippen LogP contribution < -0.4 is 5.32 Å². The number of nitrogens with one attached hydrogen (secondary N) is 1. The van der Waals surface area contributed by atoms with E-state index in [-0.39, 0.29) is 18.2 Å². The van der Waals surface area contributed by atoms with Crippen molar-refractivity contribution < 1.29 is 9.59 Å². The van der Waals surface area contributed by atoms with Crippen molar-refractivity contribution in [1.82, 2.24) is 19.4 Å². The molecule has 146 valence electrons. The quantitative estimate of drug-likeness (QED) is 0.671. The molecule has 0 unspecified atom stereocenters. The smallest absolute Gasteiger partial charge is 0.231 e. The van der Waals surface area contributed by atoms with Gasteiger partial charge in [-0.3, -0.25) is 9.59 Å². The number of anilines is 1. The monoisotopic (exact) mass is 415 g/mol. The number of aromatic nitrogens is 3. The van der Waals surface area contributed by atoms with Gasteiger partial charge in [-0.1, -0.05) is 6.07 Å². The predicted octanol–water partition coefficient (Wildman–Crippen LogP) is 2.99. The van der Waals surface area contributed by atoms with Gasteiger partial charge in [0.1, 0.15) is 0 Å². The Labute approximate surface area is 171 Å². The summed E-state index contributed by atoms with van der Waals surface area (Å²) in [5.74, 6) is 0.00194. The van der Waals surface area contributed by atoms with E-state index in [1.165, 1.54) is 11.3 Å². The molecule has 0 aliphatic carbocycles. The number of hydrogen-bond donors (Lipinski definition) is 1. The van der Waals surface area contributed by atoms with Crippen molar-refractivity contribution in [2.24, 2.45) is 0 Å². The highest BCUT2D eigenvalue weighted by atomic mass is 32.1. The molecule has 0 saturated carbocycles. The third-order valence-electron chi connectivity index (χ3n) is 4.81. The third-order valence-corrected chi connectivity index (χ3v) is 6.49. The topological polar surface area (TPSA) is 80.1 Å². The summed E-state index contributed by atoms with van der Waals surface area (Å²) in [6, 6.07) is 4.28. The number of piperidine rings is 1. The second kappa shape index (κ2) is 8.66. The number of hydrogen-bond acceptors (Lipinski definition) is 6. The molecule has 1 fully saturated rings. The van der Waals surface area contributed by atoms with Crippen molar-refractivity contribution in [3.05, 3.63) is 52.2 Å². The van der Waals surface area contributed by atoms with Crippen molar-refractivity contribution in [1.29, 1.82) is 0 Å². The molecule has 9 heteroatoms. The Balaban J connectivity index is 1.25. The fourth-order valence-corrected chi connectivity index (χ4v) is 4.78. The van der Waals surface area contributed by atoms with E-state index in [0.29, 0.717) is 23.3 Å². The molecule has 0 aromatic carbocycles. The van der Waals surface area contributed by atoms with Crippen LogP contribution in [0.2, 0.25) is 0 Å². The van der Waals surface area contributed by atoms with Crippen LogP contribution >= 0.6 is 22.7 Å². The molecule has 1 aliphatic rings. The van der Waals surface area contributed by atoms with E-state index in [1.54, 1.807) is 17.5 Å². The van der Waals surface area contributed by atoms with Crippen molar-refractivity contribution in [3.63, 3.8) is 0 Å². The Bertz CT molecular complexity index is 912. The first-order valence-corrected chi connectivity index (χ1v) is 10.9. The first kappa shape index (κ1) is 18.8. The Morgan fingerprint density at radius 2 is 2.07 bits per heavy atom. The van der Waals surface area contributed by atoms with Crippen molar-refractivity contribution in [2.45, 2.75) is 31.7 Å². The maximum absolute atomic E-state index is 12.6. The van der Waals surface area contributed by atoms with Crippen LogP contribution in [0.5, 0.6) is 0 Å². The Morgan fingerprint density at radius 3 is 2.79 bits per heavy atom. The van der Waals surface area contributed by atoms with Gasteiger partial charge >= 0.3 is 0 Å². The van der Waals surface area contributed by atoms with Gasteiger partial charge in [-0.15, -0.1) is 22.7 Å². The summed E-state index contributed by atoms with van der Waals surface area (Å²) in [5, 5.41) is 7.16. The van der Waals surface area contributed by atoms with Crippen LogP contribution in [0.4, 0.5) is 5.13 Å². The van der Waals surface area contributed by atoms with Crippen LogP contribution in [0, 0.1) is 0 Å². The molecule has 1 N–H and O–H groups in total. The van der Waals surface area contributed by atoms with Gasteiger partial charge in [0.05, 0.1) is 24.9 Å². The number of rotatable bonds is 6. The molecule has 3 aromatic rings. The van der Waals surface area contributed by atoms with Crippen molar-refractivity contribution >= 4 is 39.6 Å². The Hall–Kier alpha value is -2.52. The van der Waals surface area contributed by atoms with E-state index in [1.807, 2.05) is 40.3 Å². The molecule has 0 bridgehead atoms. The molecule has 3 aromatic heterocycles. The summed E-state index contributed by atoms with van der Waals surface area (Å²) in [4.78, 5) is 36.1. The molecule has 7 nitrogen and oxygen atoms in total. The lowest BCUT2D eigenvalue weighted by Gasteiger charge is -2.32. The first-order valence-electron chi connectivity index (χ1n) is 9.19. The highest BCUT2D eigenvalue weighted by Gasteiger charge is 2.24. The van der Waals surface area contributed by atoms with E-state index >= 15 is 0 Å².